The molecular weight excluding hydrogens is 292 g/mol. The van der Waals surface area contributed by atoms with E-state index < -0.39 is 10.2 Å². The number of nitrogens with one attached hydrogen (secondary N) is 1. The molecule has 16 heavy (non-hydrogen) atoms. The van der Waals surface area contributed by atoms with Gasteiger partial charge in [-0.05, 0) is 32.6 Å². The predicted molar refractivity (Wildman–Crippen MR) is 69.9 cm³/mol. The molecule has 0 radical (unpaired) electrons. The molecule has 0 spiro atoms. The molecule has 2 unspecified atom stereocenters. The zero-order valence-electron chi connectivity index (χ0n) is 10.1. The third-order valence-corrected chi connectivity index (χ3v) is 5.88. The van der Waals surface area contributed by atoms with E-state index in [-0.39, 0.29) is 12.1 Å². The number of nitrogens with zero attached hydrogens (tertiary/aromatic N) is 1. The first-order valence-electron chi connectivity index (χ1n) is 5.69. The lowest BCUT2D eigenvalue weighted by atomic mass is 10.1. The second-order valence-corrected chi connectivity index (χ2v) is 7.09. The molecule has 0 amide bonds. The third-order valence-electron chi connectivity index (χ3n) is 3.26. The van der Waals surface area contributed by atoms with E-state index in [0.29, 0.717) is 5.92 Å². The zero-order chi connectivity index (χ0) is 12.3. The monoisotopic (exact) mass is 312 g/mol. The van der Waals surface area contributed by atoms with Gasteiger partial charge in [-0.15, -0.1) is 0 Å². The standard InChI is InChI=1S/C10H21BrN2O2S/c1-8(2)13(3)16(14,15)12-10-6-4-5-9(10)7-11/h8-10,12H,4-7H2,1-3H3. The van der Waals surface area contributed by atoms with Gasteiger partial charge in [-0.25, -0.2) is 0 Å². The summed E-state index contributed by atoms with van der Waals surface area (Å²) in [6, 6.07) is 0.0758. The summed E-state index contributed by atoms with van der Waals surface area (Å²) in [6.45, 7) is 3.74. The molecule has 1 aliphatic carbocycles. The van der Waals surface area contributed by atoms with Crippen LogP contribution in [-0.2, 0) is 10.2 Å². The largest absolute Gasteiger partial charge is 0.279 e. The maximum atomic E-state index is 12.0. The van der Waals surface area contributed by atoms with E-state index in [2.05, 4.69) is 20.7 Å². The smallest absolute Gasteiger partial charge is 0.199 e. The second kappa shape index (κ2) is 5.80. The molecule has 96 valence electrons. The minimum Gasteiger partial charge on any atom is -0.199 e. The van der Waals surface area contributed by atoms with Crippen LogP contribution >= 0.6 is 15.9 Å². The van der Waals surface area contributed by atoms with Crippen LogP contribution < -0.4 is 4.72 Å². The number of hydrogen-bond donors (Lipinski definition) is 1. The molecule has 1 rings (SSSR count). The van der Waals surface area contributed by atoms with Gasteiger partial charge in [0.1, 0.15) is 0 Å². The summed E-state index contributed by atoms with van der Waals surface area (Å²) in [5.41, 5.74) is 0. The summed E-state index contributed by atoms with van der Waals surface area (Å²) in [6.07, 6.45) is 3.15. The van der Waals surface area contributed by atoms with Crippen molar-refractivity contribution in [3.63, 3.8) is 0 Å². The van der Waals surface area contributed by atoms with E-state index in [0.717, 1.165) is 24.6 Å². The third kappa shape index (κ3) is 3.42. The molecule has 0 saturated heterocycles. The molecule has 6 heteroatoms. The molecule has 1 saturated carbocycles. The molecule has 0 aromatic heterocycles. The first-order valence-corrected chi connectivity index (χ1v) is 8.26. The van der Waals surface area contributed by atoms with Crippen LogP contribution in [0.4, 0.5) is 0 Å². The molecule has 0 aliphatic heterocycles. The first-order chi connectivity index (χ1) is 7.38. The van der Waals surface area contributed by atoms with Crippen LogP contribution in [0.1, 0.15) is 33.1 Å². The fourth-order valence-corrected chi connectivity index (χ4v) is 4.12. The molecule has 1 fully saturated rings. The summed E-state index contributed by atoms with van der Waals surface area (Å²) in [5.74, 6) is 0.426. The Morgan fingerprint density at radius 3 is 2.56 bits per heavy atom. The van der Waals surface area contributed by atoms with Crippen molar-refractivity contribution in [1.82, 2.24) is 9.03 Å². The van der Waals surface area contributed by atoms with Gasteiger partial charge in [0.2, 0.25) is 0 Å². The lowest BCUT2D eigenvalue weighted by Gasteiger charge is -2.25. The SMILES string of the molecule is CC(C)N(C)S(=O)(=O)NC1CCCC1CBr. The Balaban J connectivity index is 2.65. The summed E-state index contributed by atoms with van der Waals surface area (Å²) in [7, 11) is -1.71. The Morgan fingerprint density at radius 1 is 1.44 bits per heavy atom. The fourth-order valence-electron chi connectivity index (χ4n) is 1.93. The van der Waals surface area contributed by atoms with Crippen molar-refractivity contribution in [3.05, 3.63) is 0 Å². The molecule has 2 atom stereocenters. The fraction of sp³-hybridized carbons (Fsp3) is 1.00. The average Bonchev–Trinajstić information content (AvgIpc) is 2.63. The van der Waals surface area contributed by atoms with Crippen LogP contribution in [-0.4, -0.2) is 37.2 Å². The Labute approximate surface area is 107 Å². The quantitative estimate of drug-likeness (QED) is 0.786. The minimum absolute atomic E-state index is 0.0127. The van der Waals surface area contributed by atoms with E-state index in [1.807, 2.05) is 13.8 Å². The second-order valence-electron chi connectivity index (χ2n) is 4.68. The van der Waals surface area contributed by atoms with Gasteiger partial charge < -0.3 is 0 Å². The topological polar surface area (TPSA) is 49.4 Å². The van der Waals surface area contributed by atoms with Gasteiger partial charge in [-0.2, -0.15) is 17.4 Å². The van der Waals surface area contributed by atoms with Gasteiger partial charge in [0.05, 0.1) is 0 Å². The van der Waals surface area contributed by atoms with Gasteiger partial charge in [-0.3, -0.25) is 0 Å². The van der Waals surface area contributed by atoms with Crippen molar-refractivity contribution in [3.8, 4) is 0 Å². The predicted octanol–water partition coefficient (Wildman–Crippen LogP) is 1.72. The van der Waals surface area contributed by atoms with Crippen molar-refractivity contribution in [1.29, 1.82) is 0 Å². The van der Waals surface area contributed by atoms with Crippen LogP contribution in [0.15, 0.2) is 0 Å². The highest BCUT2D eigenvalue weighted by Gasteiger charge is 2.31. The van der Waals surface area contributed by atoms with E-state index in [9.17, 15) is 8.42 Å². The highest BCUT2D eigenvalue weighted by molar-refractivity contribution is 9.09. The van der Waals surface area contributed by atoms with Crippen molar-refractivity contribution in [2.45, 2.75) is 45.2 Å². The molecule has 4 nitrogen and oxygen atoms in total. The number of rotatable bonds is 5. The summed E-state index contributed by atoms with van der Waals surface area (Å²) in [4.78, 5) is 0. The molecule has 0 aromatic carbocycles. The Morgan fingerprint density at radius 2 is 2.06 bits per heavy atom. The molecule has 0 heterocycles. The Kier molecular flexibility index (Phi) is 5.22. The number of alkyl halides is 1. The Hall–Kier alpha value is 0.350. The molecule has 1 aliphatic rings. The number of hydrogen-bond acceptors (Lipinski definition) is 2. The lowest BCUT2D eigenvalue weighted by molar-refractivity contribution is 0.387. The van der Waals surface area contributed by atoms with Gasteiger partial charge >= 0.3 is 0 Å². The normalized spacial score (nSPS) is 26.9. The van der Waals surface area contributed by atoms with Crippen molar-refractivity contribution < 1.29 is 8.42 Å². The van der Waals surface area contributed by atoms with Gasteiger partial charge in [0.15, 0.2) is 0 Å². The molecule has 0 bridgehead atoms. The molecule has 1 N–H and O–H groups in total. The Bertz CT molecular complexity index is 319. The van der Waals surface area contributed by atoms with Crippen LogP contribution in [0.3, 0.4) is 0 Å². The summed E-state index contributed by atoms with van der Waals surface area (Å²) in [5, 5.41) is 0.867. The summed E-state index contributed by atoms with van der Waals surface area (Å²) < 4.78 is 28.2. The molecule has 0 aromatic rings. The van der Waals surface area contributed by atoms with Crippen molar-refractivity contribution >= 4 is 26.1 Å². The van der Waals surface area contributed by atoms with Crippen LogP contribution in [0.2, 0.25) is 0 Å². The van der Waals surface area contributed by atoms with E-state index in [1.165, 1.54) is 4.31 Å². The van der Waals surface area contributed by atoms with Crippen molar-refractivity contribution in [2.24, 2.45) is 5.92 Å². The van der Waals surface area contributed by atoms with Crippen molar-refractivity contribution in [2.75, 3.05) is 12.4 Å². The lowest BCUT2D eigenvalue weighted by Crippen LogP contribution is -2.47. The van der Waals surface area contributed by atoms with Gasteiger partial charge in [0.25, 0.3) is 10.2 Å². The maximum Gasteiger partial charge on any atom is 0.279 e. The van der Waals surface area contributed by atoms with Crippen LogP contribution in [0, 0.1) is 5.92 Å². The van der Waals surface area contributed by atoms with Gasteiger partial charge in [-0.1, -0.05) is 22.4 Å². The van der Waals surface area contributed by atoms with E-state index in [1.54, 1.807) is 7.05 Å². The zero-order valence-corrected chi connectivity index (χ0v) is 12.5. The minimum atomic E-state index is -3.32. The van der Waals surface area contributed by atoms with Crippen LogP contribution in [0.5, 0.6) is 0 Å². The number of halogens is 1. The highest BCUT2D eigenvalue weighted by Crippen LogP contribution is 2.27. The molecular formula is C10H21BrN2O2S. The first kappa shape index (κ1) is 14.4. The van der Waals surface area contributed by atoms with Crippen LogP contribution in [0.25, 0.3) is 0 Å². The maximum absolute atomic E-state index is 12.0. The summed E-state index contributed by atoms with van der Waals surface area (Å²) >= 11 is 3.44. The van der Waals surface area contributed by atoms with Gasteiger partial charge in [0, 0.05) is 24.5 Å². The van der Waals surface area contributed by atoms with E-state index >= 15 is 0 Å². The highest BCUT2D eigenvalue weighted by atomic mass is 79.9. The average molecular weight is 313 g/mol. The van der Waals surface area contributed by atoms with E-state index in [4.69, 9.17) is 0 Å².